The first-order chi connectivity index (χ1) is 18.1. The number of aromatic amines is 1. The SMILES string of the molecule is CCCCc1nn(C(=O)CC2CCCCC2)c(=O)n1Cc1ccc(-c2ccccc2-c2nn[nH]n2)cc1. The van der Waals surface area contributed by atoms with E-state index < -0.39 is 0 Å². The quantitative estimate of drug-likeness (QED) is 0.351. The molecule has 0 atom stereocenters. The molecule has 1 saturated carbocycles. The fourth-order valence-electron chi connectivity index (χ4n) is 5.18. The number of nitrogens with one attached hydrogen (secondary N) is 1. The molecule has 1 aliphatic carbocycles. The molecule has 9 nitrogen and oxygen atoms in total. The maximum Gasteiger partial charge on any atom is 0.353 e. The highest BCUT2D eigenvalue weighted by Gasteiger charge is 2.23. The minimum atomic E-state index is -0.335. The largest absolute Gasteiger partial charge is 0.353 e. The van der Waals surface area contributed by atoms with Gasteiger partial charge in [0.15, 0.2) is 0 Å². The Morgan fingerprint density at radius 3 is 2.49 bits per heavy atom. The van der Waals surface area contributed by atoms with Crippen molar-refractivity contribution in [1.82, 2.24) is 35.0 Å². The summed E-state index contributed by atoms with van der Waals surface area (Å²) in [5, 5.41) is 18.9. The lowest BCUT2D eigenvalue weighted by Crippen LogP contribution is -2.31. The van der Waals surface area contributed by atoms with Crippen molar-refractivity contribution >= 4 is 5.91 Å². The van der Waals surface area contributed by atoms with Crippen LogP contribution < -0.4 is 5.69 Å². The second kappa shape index (κ2) is 11.5. The number of rotatable bonds is 9. The van der Waals surface area contributed by atoms with E-state index in [9.17, 15) is 9.59 Å². The number of hydrogen-bond donors (Lipinski definition) is 1. The van der Waals surface area contributed by atoms with Gasteiger partial charge in [-0.2, -0.15) is 5.21 Å². The highest BCUT2D eigenvalue weighted by atomic mass is 16.2. The van der Waals surface area contributed by atoms with E-state index in [1.54, 1.807) is 4.57 Å². The van der Waals surface area contributed by atoms with Gasteiger partial charge in [0.05, 0.1) is 6.54 Å². The Hall–Kier alpha value is -3.88. The van der Waals surface area contributed by atoms with E-state index >= 15 is 0 Å². The molecule has 4 aromatic rings. The van der Waals surface area contributed by atoms with Gasteiger partial charge in [-0.05, 0) is 47.1 Å². The number of nitrogens with zero attached hydrogens (tertiary/aromatic N) is 6. The molecule has 1 aliphatic rings. The number of carbonyl (C=O) groups is 1. The van der Waals surface area contributed by atoms with Gasteiger partial charge < -0.3 is 0 Å². The standard InChI is InChI=1S/C28H33N7O2/c1-2-3-13-25-31-35(26(36)18-20-9-5-4-6-10-20)28(37)34(25)19-21-14-16-22(17-15-21)23-11-7-8-12-24(23)27-29-32-33-30-27/h7-8,11-12,14-17,20H,2-6,9-10,13,18-19H2,1H3,(H,29,30,32,33). The number of tetrazole rings is 1. The van der Waals surface area contributed by atoms with E-state index in [0.717, 1.165) is 52.6 Å². The van der Waals surface area contributed by atoms with E-state index in [0.29, 0.717) is 37.0 Å². The summed E-state index contributed by atoms with van der Waals surface area (Å²) in [5.74, 6) is 1.40. The molecule has 37 heavy (non-hydrogen) atoms. The summed E-state index contributed by atoms with van der Waals surface area (Å²) in [6.07, 6.45) is 8.67. The summed E-state index contributed by atoms with van der Waals surface area (Å²) < 4.78 is 2.78. The first-order valence-electron chi connectivity index (χ1n) is 13.3. The maximum atomic E-state index is 13.3. The monoisotopic (exact) mass is 499 g/mol. The lowest BCUT2D eigenvalue weighted by atomic mass is 9.87. The van der Waals surface area contributed by atoms with Gasteiger partial charge in [-0.25, -0.2) is 4.79 Å². The first-order valence-corrected chi connectivity index (χ1v) is 13.3. The molecule has 5 rings (SSSR count). The molecule has 1 N–H and O–H groups in total. The van der Waals surface area contributed by atoms with Gasteiger partial charge in [0.25, 0.3) is 5.91 Å². The van der Waals surface area contributed by atoms with Crippen LogP contribution >= 0.6 is 0 Å². The van der Waals surface area contributed by atoms with E-state index in [-0.39, 0.29) is 11.6 Å². The summed E-state index contributed by atoms with van der Waals surface area (Å²) in [5.41, 5.74) is 3.54. The van der Waals surface area contributed by atoms with Gasteiger partial charge in [0.1, 0.15) is 5.82 Å². The summed E-state index contributed by atoms with van der Waals surface area (Å²) in [6.45, 7) is 2.49. The second-order valence-corrected chi connectivity index (χ2v) is 9.88. The van der Waals surface area contributed by atoms with E-state index in [2.05, 4.69) is 32.6 Å². The number of benzene rings is 2. The number of aromatic nitrogens is 7. The van der Waals surface area contributed by atoms with Crippen molar-refractivity contribution in [1.29, 1.82) is 0 Å². The predicted octanol–water partition coefficient (Wildman–Crippen LogP) is 4.89. The molecule has 0 aliphatic heterocycles. The summed E-state index contributed by atoms with van der Waals surface area (Å²) in [7, 11) is 0. The zero-order valence-electron chi connectivity index (χ0n) is 21.3. The van der Waals surface area contributed by atoms with Crippen molar-refractivity contribution in [2.24, 2.45) is 5.92 Å². The van der Waals surface area contributed by atoms with Crippen LogP contribution in [0.1, 0.15) is 74.5 Å². The summed E-state index contributed by atoms with van der Waals surface area (Å²) in [6, 6.07) is 16.0. The van der Waals surface area contributed by atoms with Crippen molar-refractivity contribution in [3.05, 3.63) is 70.4 Å². The Balaban J connectivity index is 1.38. The average Bonchev–Trinajstić information content (AvgIpc) is 3.57. The Morgan fingerprint density at radius 1 is 1.03 bits per heavy atom. The van der Waals surface area contributed by atoms with Crippen LogP contribution in [0.4, 0.5) is 0 Å². The van der Waals surface area contributed by atoms with E-state index in [4.69, 9.17) is 0 Å². The van der Waals surface area contributed by atoms with Gasteiger partial charge in [-0.3, -0.25) is 9.36 Å². The molecular weight excluding hydrogens is 466 g/mol. The number of hydrogen-bond acceptors (Lipinski definition) is 6. The molecule has 0 spiro atoms. The fraction of sp³-hybridized carbons (Fsp3) is 0.429. The van der Waals surface area contributed by atoms with Crippen molar-refractivity contribution < 1.29 is 4.79 Å². The Kier molecular flexibility index (Phi) is 7.67. The number of aryl methyl sites for hydroxylation is 1. The molecule has 9 heteroatoms. The molecule has 0 bridgehead atoms. The van der Waals surface area contributed by atoms with E-state index in [1.165, 1.54) is 19.3 Å². The van der Waals surface area contributed by atoms with Crippen LogP contribution in [-0.4, -0.2) is 40.9 Å². The maximum absolute atomic E-state index is 13.3. The lowest BCUT2D eigenvalue weighted by molar-refractivity contribution is 0.0846. The molecule has 2 aromatic heterocycles. The molecule has 2 aromatic carbocycles. The zero-order valence-corrected chi connectivity index (χ0v) is 21.3. The molecule has 2 heterocycles. The highest BCUT2D eigenvalue weighted by Crippen LogP contribution is 2.30. The number of carbonyl (C=O) groups excluding carboxylic acids is 1. The van der Waals surface area contributed by atoms with Crippen LogP contribution in [0.5, 0.6) is 0 Å². The smallest absolute Gasteiger partial charge is 0.274 e. The normalized spacial score (nSPS) is 14.2. The van der Waals surface area contributed by atoms with Gasteiger partial charge in [0.2, 0.25) is 5.82 Å². The predicted molar refractivity (Wildman–Crippen MR) is 141 cm³/mol. The van der Waals surface area contributed by atoms with Crippen LogP contribution in [0, 0.1) is 5.92 Å². The molecule has 0 radical (unpaired) electrons. The van der Waals surface area contributed by atoms with Crippen LogP contribution in [0.25, 0.3) is 22.5 Å². The molecule has 1 fully saturated rings. The third-order valence-electron chi connectivity index (χ3n) is 7.24. The fourth-order valence-corrected chi connectivity index (χ4v) is 5.18. The molecule has 0 saturated heterocycles. The van der Waals surface area contributed by atoms with Gasteiger partial charge in [-0.1, -0.05) is 81.1 Å². The van der Waals surface area contributed by atoms with E-state index in [1.807, 2.05) is 48.5 Å². The minimum absolute atomic E-state index is 0.179. The van der Waals surface area contributed by atoms with Crippen molar-refractivity contribution in [3.63, 3.8) is 0 Å². The van der Waals surface area contributed by atoms with Crippen molar-refractivity contribution in [2.75, 3.05) is 0 Å². The first kappa shape index (κ1) is 24.8. The highest BCUT2D eigenvalue weighted by molar-refractivity contribution is 5.80. The summed E-state index contributed by atoms with van der Waals surface area (Å²) >= 11 is 0. The molecule has 0 amide bonds. The van der Waals surface area contributed by atoms with Crippen molar-refractivity contribution in [2.45, 2.75) is 71.3 Å². The van der Waals surface area contributed by atoms with Crippen LogP contribution in [0.15, 0.2) is 53.3 Å². The molecule has 0 unspecified atom stereocenters. The summed E-state index contributed by atoms with van der Waals surface area (Å²) in [4.78, 5) is 26.4. The van der Waals surface area contributed by atoms with Gasteiger partial charge in [0, 0.05) is 18.4 Å². The van der Waals surface area contributed by atoms with Crippen LogP contribution in [0.3, 0.4) is 0 Å². The van der Waals surface area contributed by atoms with Gasteiger partial charge >= 0.3 is 5.69 Å². The zero-order chi connectivity index (χ0) is 25.6. The lowest BCUT2D eigenvalue weighted by Gasteiger charge is -2.20. The second-order valence-electron chi connectivity index (χ2n) is 9.88. The van der Waals surface area contributed by atoms with Crippen LogP contribution in [-0.2, 0) is 13.0 Å². The topological polar surface area (TPSA) is 111 Å². The third-order valence-corrected chi connectivity index (χ3v) is 7.24. The Labute approximate surface area is 215 Å². The number of H-pyrrole nitrogens is 1. The Bertz CT molecular complexity index is 1380. The molecular formula is C28H33N7O2. The van der Waals surface area contributed by atoms with Crippen LogP contribution in [0.2, 0.25) is 0 Å². The molecule has 192 valence electrons. The Morgan fingerprint density at radius 2 is 1.78 bits per heavy atom. The third kappa shape index (κ3) is 5.60. The number of unbranched alkanes of at least 4 members (excludes halogenated alkanes) is 1. The average molecular weight is 500 g/mol. The van der Waals surface area contributed by atoms with Gasteiger partial charge in [-0.15, -0.1) is 20.0 Å². The van der Waals surface area contributed by atoms with Crippen molar-refractivity contribution in [3.8, 4) is 22.5 Å². The minimum Gasteiger partial charge on any atom is -0.274 e.